The van der Waals surface area contributed by atoms with Gasteiger partial charge in [-0.3, -0.25) is 13.7 Å². The van der Waals surface area contributed by atoms with Gasteiger partial charge in [-0.25, -0.2) is 25.3 Å². The third-order valence-electron chi connectivity index (χ3n) is 20.6. The lowest BCUT2D eigenvalue weighted by atomic mass is 10.0. The molecule has 26 nitrogen and oxygen atoms in total. The normalized spacial score (nSPS) is 12.3. The van der Waals surface area contributed by atoms with E-state index in [0.29, 0.717) is 45.4 Å². The molecule has 14 rings (SSSR count). The van der Waals surface area contributed by atoms with Gasteiger partial charge in [0.25, 0.3) is 0 Å². The molecule has 0 saturated carbocycles. The molecular formula is C91H75Cl3F6N9O17P3S3. The molecule has 682 valence electrons. The third kappa shape index (κ3) is 23.2. The summed E-state index contributed by atoms with van der Waals surface area (Å²) in [5.41, 5.74) is -7.05. The summed E-state index contributed by atoms with van der Waals surface area (Å²) >= 11 is 18.1. The molecule has 14 aromatic rings. The average Bonchev–Trinajstić information content (AvgIpc) is 1.35. The first-order valence-corrected chi connectivity index (χ1v) is 49.2. The highest BCUT2D eigenvalue weighted by atomic mass is 35.5. The van der Waals surface area contributed by atoms with E-state index in [0.717, 1.165) is 101 Å². The van der Waals surface area contributed by atoms with Gasteiger partial charge in [-0.05, 0) is 162 Å². The number of nitrogens with zero attached hydrogens (tertiary/aromatic N) is 8. The van der Waals surface area contributed by atoms with E-state index in [1.807, 2.05) is 66.7 Å². The van der Waals surface area contributed by atoms with Crippen LogP contribution in [0.2, 0.25) is 15.1 Å². The highest BCUT2D eigenvalue weighted by molar-refractivity contribution is 7.89. The fraction of sp³-hybridized carbons (Fsp3) is 0.132. The summed E-state index contributed by atoms with van der Waals surface area (Å²) in [4.78, 5) is 54.5. The lowest BCUT2D eigenvalue weighted by Crippen LogP contribution is -2.30. The van der Waals surface area contributed by atoms with Crippen LogP contribution in [0.1, 0.15) is 72.6 Å². The van der Waals surface area contributed by atoms with Crippen LogP contribution in [0.15, 0.2) is 306 Å². The van der Waals surface area contributed by atoms with Crippen molar-refractivity contribution in [1.29, 1.82) is 10.5 Å². The number of halogens is 9. The Labute approximate surface area is 768 Å². The van der Waals surface area contributed by atoms with E-state index in [1.165, 1.54) is 61.0 Å². The van der Waals surface area contributed by atoms with Gasteiger partial charge in [-0.2, -0.15) is 55.0 Å². The van der Waals surface area contributed by atoms with Crippen molar-refractivity contribution in [3.8, 4) is 57.0 Å². The van der Waals surface area contributed by atoms with E-state index >= 15 is 0 Å². The molecule has 0 aliphatic rings. The molecular weight excluding hydrogens is 1900 g/mol. The van der Waals surface area contributed by atoms with Crippen LogP contribution < -0.4 is 9.47 Å². The second-order valence-electron chi connectivity index (χ2n) is 29.5. The Morgan fingerprint density at radius 3 is 1.06 bits per heavy atom. The van der Waals surface area contributed by atoms with Crippen molar-refractivity contribution in [2.45, 2.75) is 77.4 Å². The Kier molecular flexibility index (Phi) is 31.1. The fourth-order valence-electron chi connectivity index (χ4n) is 13.7. The summed E-state index contributed by atoms with van der Waals surface area (Å²) in [6.45, 7) is -1.20. The van der Waals surface area contributed by atoms with Crippen LogP contribution in [0.3, 0.4) is 0 Å². The monoisotopic (exact) mass is 1970 g/mol. The number of rotatable bonds is 31. The number of fused-ring (bicyclic) bond motifs is 1. The van der Waals surface area contributed by atoms with Crippen LogP contribution in [0.4, 0.5) is 26.3 Å². The number of ether oxygens (including phenoxy) is 2. The number of tetrazole rings is 1. The fourth-order valence-corrected chi connectivity index (χ4v) is 20.9. The Bertz CT molecular complexity index is 7180. The number of nitrogens with one attached hydrogen (secondary N) is 1. The minimum absolute atomic E-state index is 0.0249. The lowest BCUT2D eigenvalue weighted by molar-refractivity contribution is 0.0565. The highest BCUT2D eigenvalue weighted by Crippen LogP contribution is 2.63. The summed E-state index contributed by atoms with van der Waals surface area (Å²) in [6.07, 6.45) is 0.520. The number of nitriles is 2. The molecule has 0 unspecified atom stereocenters. The zero-order valence-corrected chi connectivity index (χ0v) is 76.3. The van der Waals surface area contributed by atoms with Gasteiger partial charge >= 0.3 is 39.8 Å². The van der Waals surface area contributed by atoms with Crippen LogP contribution in [-0.4, -0.2) is 102 Å². The quantitative estimate of drug-likeness (QED) is 0.0157. The maximum absolute atomic E-state index is 14.4. The molecule has 0 amide bonds. The van der Waals surface area contributed by atoms with Crippen molar-refractivity contribution in [2.24, 2.45) is 0 Å². The van der Waals surface area contributed by atoms with E-state index in [1.54, 1.807) is 133 Å². The molecule has 1 aromatic heterocycles. The maximum Gasteiger partial charge on any atom is 0.399 e. The first kappa shape index (κ1) is 99.4. The molecule has 0 saturated heterocycles. The first-order valence-electron chi connectivity index (χ1n) is 38.9. The van der Waals surface area contributed by atoms with Gasteiger partial charge in [0.1, 0.15) is 21.3 Å². The van der Waals surface area contributed by atoms with Crippen molar-refractivity contribution in [1.82, 2.24) is 33.5 Å². The molecule has 0 radical (unpaired) electrons. The Hall–Kier alpha value is -11.6. The molecule has 13 aromatic carbocycles. The van der Waals surface area contributed by atoms with Gasteiger partial charge in [-0.1, -0.05) is 252 Å². The number of aromatic nitrogens is 4. The molecule has 0 spiro atoms. The lowest BCUT2D eigenvalue weighted by Gasteiger charge is -2.24. The van der Waals surface area contributed by atoms with Gasteiger partial charge in [0.15, 0.2) is 5.82 Å². The van der Waals surface area contributed by atoms with Gasteiger partial charge < -0.3 is 38.8 Å². The van der Waals surface area contributed by atoms with Crippen molar-refractivity contribution in [3.05, 3.63) is 379 Å². The Morgan fingerprint density at radius 2 is 0.705 bits per heavy atom. The summed E-state index contributed by atoms with van der Waals surface area (Å²) < 4.78 is 218. The van der Waals surface area contributed by atoms with Gasteiger partial charge in [0.2, 0.25) is 30.1 Å². The van der Waals surface area contributed by atoms with E-state index in [9.17, 15) is 70.6 Å². The van der Waals surface area contributed by atoms with Crippen LogP contribution in [0.25, 0.3) is 44.2 Å². The SMILES string of the molecule is COc1ccccc1S(=O)(=O)N(Cc1ccc(-c2ccc(C#N)cc2)cc1)Cc1ccc(C(F)(F)P(=O)(O)O)c(Cl)c1.COc1ccccc1S(=O)(=O)N(Cc1ccc(-c2ccc(Cc3nn[nH]n3)cc2)cc1)Cc1ccc(C(F)(F)P(=O)(O)O)c(Cl)c1.N#Cc1cccc(-c2ccc(CN(Cc3ccc(C(F)(F)P(=O)(O)O)c(Cl)c3)S(=O)(=O)c3ccc4ccccc4c3)cc2)c1. The van der Waals surface area contributed by atoms with Crippen LogP contribution >= 0.6 is 57.6 Å². The van der Waals surface area contributed by atoms with E-state index in [-0.39, 0.29) is 82.1 Å². The highest BCUT2D eigenvalue weighted by Gasteiger charge is 2.54. The van der Waals surface area contributed by atoms with Crippen molar-refractivity contribution in [2.75, 3.05) is 14.2 Å². The Balaban J connectivity index is 0.000000179. The molecule has 132 heavy (non-hydrogen) atoms. The average molecular weight is 1980 g/mol. The van der Waals surface area contributed by atoms with E-state index in [2.05, 4.69) is 32.8 Å². The number of para-hydroxylation sites is 2. The summed E-state index contributed by atoms with van der Waals surface area (Å²) in [6, 6.07) is 80.6. The summed E-state index contributed by atoms with van der Waals surface area (Å²) in [7, 11) is -27.5. The van der Waals surface area contributed by atoms with E-state index < -0.39 is 102 Å². The van der Waals surface area contributed by atoms with Gasteiger partial charge in [0.05, 0.1) is 74.1 Å². The number of hydrogen-bond donors (Lipinski definition) is 7. The minimum atomic E-state index is -5.87. The van der Waals surface area contributed by atoms with Gasteiger partial charge in [-0.15, -0.1) is 10.2 Å². The topological polar surface area (TPSA) is 405 Å². The first-order chi connectivity index (χ1) is 62.4. The number of alkyl halides is 6. The molecule has 0 atom stereocenters. The number of methoxy groups -OCH3 is 2. The maximum atomic E-state index is 14.4. The molecule has 0 bridgehead atoms. The zero-order chi connectivity index (χ0) is 95.5. The molecule has 41 heteroatoms. The van der Waals surface area contributed by atoms with Crippen molar-refractivity contribution >= 4 is 98.4 Å². The molecule has 0 fully saturated rings. The largest absolute Gasteiger partial charge is 0.495 e. The number of aromatic amines is 1. The predicted molar refractivity (Wildman–Crippen MR) is 483 cm³/mol. The molecule has 1 heterocycles. The predicted octanol–water partition coefficient (Wildman–Crippen LogP) is 19.9. The van der Waals surface area contributed by atoms with Crippen molar-refractivity contribution < 1.29 is 104 Å². The minimum Gasteiger partial charge on any atom is -0.495 e. The molecule has 7 N–H and O–H groups in total. The molecule has 0 aliphatic heterocycles. The Morgan fingerprint density at radius 1 is 0.371 bits per heavy atom. The second-order valence-corrected chi connectivity index (χ2v) is 41.4. The van der Waals surface area contributed by atoms with Crippen LogP contribution in [0.5, 0.6) is 11.5 Å². The third-order valence-corrected chi connectivity index (χ3v) is 29.9. The number of hydrogen-bond acceptors (Lipinski definition) is 16. The standard InChI is InChI=1S/C32H24ClF2N2O5PS.C30H27ClF2N5O6PS.C29H24ClF2N2O6PS/c33-31-17-24(10-15-30(31)32(34,35)43(38,39)40)21-37(44(41,42)29-14-13-25-5-1-2-6-28(25)18-29)20-22-8-11-26(12-9-22)27-7-3-4-23(16-27)19-36;1-44-27-4-2-3-5-28(27)46(42,43)38(19-22-10-15-25(26(31)16-22)30(32,33)45(39,40)41)18-21-8-13-24(14-9-21)23-11-6-20(7-12-23)17-29-34-36-37-35-29;1-40-27-4-2-3-5-28(27)42(38,39)34(19-22-10-15-25(26(30)16-22)29(31,32)41(35,36)37)18-21-8-13-24(14-9-21)23-11-6-20(17-33)7-12-23/h1-18H,20-21H2,(H2,38,39,40);2-16H,17-19H2,1H3,(H2,39,40,41)(H,34,35,36,37);2-16H,18-19H2,1H3,(H2,35,36,37). The van der Waals surface area contributed by atoms with Crippen LogP contribution in [0, 0.1) is 22.7 Å². The summed E-state index contributed by atoms with van der Waals surface area (Å²) in [5.74, 6) is 0.788. The number of sulfonamides is 3. The van der Waals surface area contributed by atoms with E-state index in [4.69, 9.17) is 78.9 Å². The zero-order valence-electron chi connectivity index (χ0n) is 68.9. The smallest absolute Gasteiger partial charge is 0.399 e. The number of benzene rings is 13. The van der Waals surface area contributed by atoms with Crippen molar-refractivity contribution in [3.63, 3.8) is 0 Å². The second kappa shape index (κ2) is 41.3. The van der Waals surface area contributed by atoms with Crippen LogP contribution in [-0.2, 0) is 106 Å². The molecule has 0 aliphatic carbocycles. The number of H-pyrrole nitrogens is 1. The summed E-state index contributed by atoms with van der Waals surface area (Å²) in [5, 5.41) is 31.8. The van der Waals surface area contributed by atoms with Gasteiger partial charge in [0, 0.05) is 45.7 Å².